The van der Waals surface area contributed by atoms with Gasteiger partial charge in [0, 0.05) is 12.4 Å². The summed E-state index contributed by atoms with van der Waals surface area (Å²) in [7, 11) is 0. The van der Waals surface area contributed by atoms with E-state index in [1.54, 1.807) is 6.92 Å². The first-order chi connectivity index (χ1) is 9.20. The normalized spacial score (nSPS) is 10.2. The molecule has 1 heterocycles. The highest BCUT2D eigenvalue weighted by Gasteiger charge is 2.09. The van der Waals surface area contributed by atoms with E-state index < -0.39 is 11.7 Å². The molecule has 0 bridgehead atoms. The molecule has 0 unspecified atom stereocenters. The van der Waals surface area contributed by atoms with Crippen molar-refractivity contribution in [1.29, 1.82) is 0 Å². The average Bonchev–Trinajstić information content (AvgIpc) is 2.42. The standard InChI is InChI=1S/C14H14N2O3/c1-2-19-13(17)12-8-15-14(18)16(10-12)9-11-6-4-3-5-7-11/h3-8,10H,2,9H2,1H3. The zero-order valence-electron chi connectivity index (χ0n) is 10.6. The summed E-state index contributed by atoms with van der Waals surface area (Å²) in [5.74, 6) is -0.475. The van der Waals surface area contributed by atoms with Crippen LogP contribution < -0.4 is 5.69 Å². The van der Waals surface area contributed by atoms with Gasteiger partial charge in [-0.1, -0.05) is 30.3 Å². The van der Waals surface area contributed by atoms with Gasteiger partial charge in [0.1, 0.15) is 0 Å². The van der Waals surface area contributed by atoms with Crippen molar-refractivity contribution in [2.45, 2.75) is 13.5 Å². The maximum Gasteiger partial charge on any atom is 0.347 e. The number of hydrogen-bond donors (Lipinski definition) is 0. The van der Waals surface area contributed by atoms with Crippen LogP contribution in [-0.2, 0) is 11.3 Å². The maximum absolute atomic E-state index is 11.7. The van der Waals surface area contributed by atoms with E-state index in [0.717, 1.165) is 5.56 Å². The monoisotopic (exact) mass is 258 g/mol. The first-order valence-electron chi connectivity index (χ1n) is 5.98. The van der Waals surface area contributed by atoms with E-state index in [4.69, 9.17) is 4.74 Å². The lowest BCUT2D eigenvalue weighted by atomic mass is 10.2. The van der Waals surface area contributed by atoms with E-state index in [-0.39, 0.29) is 12.2 Å². The molecule has 5 nitrogen and oxygen atoms in total. The van der Waals surface area contributed by atoms with Gasteiger partial charge in [-0.3, -0.25) is 4.57 Å². The summed E-state index contributed by atoms with van der Waals surface area (Å²) in [6.07, 6.45) is 2.71. The summed E-state index contributed by atoms with van der Waals surface area (Å²) in [6, 6.07) is 9.50. The van der Waals surface area contributed by atoms with Crippen molar-refractivity contribution in [3.05, 3.63) is 64.3 Å². The van der Waals surface area contributed by atoms with Crippen molar-refractivity contribution >= 4 is 5.97 Å². The van der Waals surface area contributed by atoms with E-state index in [9.17, 15) is 9.59 Å². The molecule has 0 atom stereocenters. The predicted molar refractivity (Wildman–Crippen MR) is 70.0 cm³/mol. The number of hydrogen-bond acceptors (Lipinski definition) is 4. The first-order valence-corrected chi connectivity index (χ1v) is 5.98. The van der Waals surface area contributed by atoms with Crippen LogP contribution in [0.5, 0.6) is 0 Å². The van der Waals surface area contributed by atoms with Gasteiger partial charge in [-0.05, 0) is 12.5 Å². The minimum absolute atomic E-state index is 0.275. The zero-order chi connectivity index (χ0) is 13.7. The molecular weight excluding hydrogens is 244 g/mol. The highest BCUT2D eigenvalue weighted by molar-refractivity contribution is 5.88. The largest absolute Gasteiger partial charge is 0.462 e. The van der Waals surface area contributed by atoms with E-state index >= 15 is 0 Å². The number of rotatable bonds is 4. The summed E-state index contributed by atoms with van der Waals surface area (Å²) in [5, 5.41) is 0. The minimum Gasteiger partial charge on any atom is -0.462 e. The number of benzene rings is 1. The van der Waals surface area contributed by atoms with Crippen molar-refractivity contribution in [3.8, 4) is 0 Å². The van der Waals surface area contributed by atoms with Crippen molar-refractivity contribution in [2.24, 2.45) is 0 Å². The van der Waals surface area contributed by atoms with Gasteiger partial charge in [-0.15, -0.1) is 0 Å². The quantitative estimate of drug-likeness (QED) is 0.779. The van der Waals surface area contributed by atoms with Crippen molar-refractivity contribution < 1.29 is 9.53 Å². The molecule has 0 aliphatic carbocycles. The second-order valence-electron chi connectivity index (χ2n) is 3.96. The van der Waals surface area contributed by atoms with Crippen LogP contribution in [0.3, 0.4) is 0 Å². The lowest BCUT2D eigenvalue weighted by Gasteiger charge is -2.07. The summed E-state index contributed by atoms with van der Waals surface area (Å²) in [6.45, 7) is 2.39. The van der Waals surface area contributed by atoms with Crippen LogP contribution in [0.15, 0.2) is 47.5 Å². The van der Waals surface area contributed by atoms with Crippen molar-refractivity contribution in [2.75, 3.05) is 6.61 Å². The third-order valence-electron chi connectivity index (χ3n) is 2.56. The van der Waals surface area contributed by atoms with Gasteiger partial charge in [0.05, 0.1) is 18.7 Å². The summed E-state index contributed by atoms with van der Waals surface area (Å²) in [5.41, 5.74) is 0.849. The number of carbonyl (C=O) groups excluding carboxylic acids is 1. The van der Waals surface area contributed by atoms with Crippen LogP contribution in [0.1, 0.15) is 22.8 Å². The molecule has 0 amide bonds. The fourth-order valence-corrected chi connectivity index (χ4v) is 1.67. The van der Waals surface area contributed by atoms with Crippen LogP contribution in [0.2, 0.25) is 0 Å². The molecule has 0 aliphatic heterocycles. The van der Waals surface area contributed by atoms with Crippen LogP contribution in [0.25, 0.3) is 0 Å². The van der Waals surface area contributed by atoms with Crippen LogP contribution >= 0.6 is 0 Å². The fraction of sp³-hybridized carbons (Fsp3) is 0.214. The number of carbonyl (C=O) groups is 1. The third-order valence-corrected chi connectivity index (χ3v) is 2.56. The smallest absolute Gasteiger partial charge is 0.347 e. The fourth-order valence-electron chi connectivity index (χ4n) is 1.67. The molecule has 0 saturated heterocycles. The molecule has 0 fully saturated rings. The van der Waals surface area contributed by atoms with E-state index in [2.05, 4.69) is 4.98 Å². The Morgan fingerprint density at radius 3 is 2.74 bits per heavy atom. The summed E-state index contributed by atoms with van der Waals surface area (Å²) < 4.78 is 6.27. The maximum atomic E-state index is 11.7. The lowest BCUT2D eigenvalue weighted by Crippen LogP contribution is -2.24. The van der Waals surface area contributed by atoms with Gasteiger partial charge in [-0.2, -0.15) is 0 Å². The Labute approximate surface area is 110 Å². The van der Waals surface area contributed by atoms with Crippen molar-refractivity contribution in [3.63, 3.8) is 0 Å². The van der Waals surface area contributed by atoms with Gasteiger partial charge in [-0.25, -0.2) is 14.6 Å². The molecule has 2 aromatic rings. The Hall–Kier alpha value is -2.43. The van der Waals surface area contributed by atoms with Crippen molar-refractivity contribution in [1.82, 2.24) is 9.55 Å². The summed E-state index contributed by atoms with van der Waals surface area (Å²) >= 11 is 0. The molecule has 98 valence electrons. The molecule has 0 spiro atoms. The molecular formula is C14H14N2O3. The molecule has 0 aliphatic rings. The molecule has 1 aromatic carbocycles. The van der Waals surface area contributed by atoms with Gasteiger partial charge < -0.3 is 4.74 Å². The third kappa shape index (κ3) is 3.28. The topological polar surface area (TPSA) is 61.2 Å². The van der Waals surface area contributed by atoms with Crippen LogP contribution in [0, 0.1) is 0 Å². The number of esters is 1. The Morgan fingerprint density at radius 2 is 2.05 bits per heavy atom. The minimum atomic E-state index is -0.475. The second-order valence-corrected chi connectivity index (χ2v) is 3.96. The lowest BCUT2D eigenvalue weighted by molar-refractivity contribution is 0.0524. The second kappa shape index (κ2) is 5.95. The highest BCUT2D eigenvalue weighted by atomic mass is 16.5. The average molecular weight is 258 g/mol. The zero-order valence-corrected chi connectivity index (χ0v) is 10.6. The molecule has 0 radical (unpaired) electrons. The number of nitrogens with zero attached hydrogens (tertiary/aromatic N) is 2. The molecule has 1 aromatic heterocycles. The molecule has 0 N–H and O–H groups in total. The van der Waals surface area contributed by atoms with Crippen LogP contribution in [0.4, 0.5) is 0 Å². The Bertz CT molecular complexity index is 620. The van der Waals surface area contributed by atoms with Gasteiger partial charge in [0.15, 0.2) is 0 Å². The molecule has 2 rings (SSSR count). The van der Waals surface area contributed by atoms with Gasteiger partial charge >= 0.3 is 11.7 Å². The van der Waals surface area contributed by atoms with E-state index in [1.807, 2.05) is 30.3 Å². The summed E-state index contributed by atoms with van der Waals surface area (Å²) in [4.78, 5) is 26.9. The first kappa shape index (κ1) is 13.0. The van der Waals surface area contributed by atoms with E-state index in [0.29, 0.717) is 6.54 Å². The number of ether oxygens (including phenoxy) is 1. The molecule has 0 saturated carbocycles. The molecule has 5 heteroatoms. The van der Waals surface area contributed by atoms with Gasteiger partial charge in [0.25, 0.3) is 0 Å². The SMILES string of the molecule is CCOC(=O)c1cnc(=O)n(Cc2ccccc2)c1. The van der Waals surface area contributed by atoms with Gasteiger partial charge in [0.2, 0.25) is 0 Å². The molecule has 19 heavy (non-hydrogen) atoms. The Balaban J connectivity index is 2.27. The van der Waals surface area contributed by atoms with E-state index in [1.165, 1.54) is 17.0 Å². The Morgan fingerprint density at radius 1 is 1.32 bits per heavy atom. The van der Waals surface area contributed by atoms with Crippen LogP contribution in [-0.4, -0.2) is 22.1 Å². The Kier molecular flexibility index (Phi) is 4.07. The predicted octanol–water partition coefficient (Wildman–Crippen LogP) is 1.47. The number of aromatic nitrogens is 2. The highest BCUT2D eigenvalue weighted by Crippen LogP contribution is 2.02.